The Labute approximate surface area is 154 Å². The Kier molecular flexibility index (Phi) is 9.44. The lowest BCUT2D eigenvalue weighted by Gasteiger charge is -2.13. The lowest BCUT2D eigenvalue weighted by Crippen LogP contribution is -2.28. The van der Waals surface area contributed by atoms with Gasteiger partial charge < -0.3 is 19.8 Å². The number of hydrogen-bond acceptors (Lipinski definition) is 5. The van der Waals surface area contributed by atoms with E-state index < -0.39 is 0 Å². The van der Waals surface area contributed by atoms with Gasteiger partial charge in [-0.2, -0.15) is 0 Å². The highest BCUT2D eigenvalue weighted by Gasteiger charge is 2.16. The molecule has 0 spiro atoms. The molecule has 2 rings (SSSR count). The minimum absolute atomic E-state index is 0. The van der Waals surface area contributed by atoms with E-state index in [0.29, 0.717) is 25.7 Å². The molecule has 0 bridgehead atoms. The fourth-order valence-electron chi connectivity index (χ4n) is 2.51. The van der Waals surface area contributed by atoms with Crippen molar-refractivity contribution in [1.29, 1.82) is 0 Å². The molecule has 0 aliphatic carbocycles. The highest BCUT2D eigenvalue weighted by molar-refractivity contribution is 5.91. The smallest absolute Gasteiger partial charge is 0.229 e. The number of para-hydroxylation sites is 2. The molecule has 8 heteroatoms. The number of anilines is 1. The minimum atomic E-state index is -0.291. The monoisotopic (exact) mass is 370 g/mol. The SMILES string of the molecule is CCOCCCn1c(NC(=O)CC(CN)OC)nc2ccccc21.Cl. The number of nitrogens with zero attached hydrogens (tertiary/aromatic N) is 2. The van der Waals surface area contributed by atoms with Crippen LogP contribution < -0.4 is 11.1 Å². The number of benzene rings is 1. The molecule has 0 saturated carbocycles. The molecule has 0 radical (unpaired) electrons. The highest BCUT2D eigenvalue weighted by atomic mass is 35.5. The average Bonchev–Trinajstić information content (AvgIpc) is 2.93. The molecule has 0 fully saturated rings. The van der Waals surface area contributed by atoms with Crippen LogP contribution in [0, 0.1) is 0 Å². The summed E-state index contributed by atoms with van der Waals surface area (Å²) in [4.78, 5) is 16.7. The summed E-state index contributed by atoms with van der Waals surface area (Å²) in [6.07, 6.45) is 0.760. The third kappa shape index (κ3) is 5.97. The van der Waals surface area contributed by atoms with Gasteiger partial charge in [-0.15, -0.1) is 12.4 Å². The molecular weight excluding hydrogens is 344 g/mol. The van der Waals surface area contributed by atoms with Crippen LogP contribution in [0.3, 0.4) is 0 Å². The summed E-state index contributed by atoms with van der Waals surface area (Å²) in [5, 5.41) is 2.88. The van der Waals surface area contributed by atoms with Crippen LogP contribution in [0.15, 0.2) is 24.3 Å². The Balaban J connectivity index is 0.00000312. The maximum absolute atomic E-state index is 12.2. The molecule has 1 amide bonds. The third-order valence-electron chi connectivity index (χ3n) is 3.79. The molecule has 25 heavy (non-hydrogen) atoms. The Morgan fingerprint density at radius 1 is 1.40 bits per heavy atom. The molecule has 0 aliphatic heterocycles. The number of ether oxygens (including phenoxy) is 2. The van der Waals surface area contributed by atoms with E-state index in [1.54, 1.807) is 7.11 Å². The molecule has 2 aromatic rings. The van der Waals surface area contributed by atoms with E-state index in [9.17, 15) is 4.79 Å². The zero-order valence-electron chi connectivity index (χ0n) is 14.7. The van der Waals surface area contributed by atoms with Gasteiger partial charge in [-0.25, -0.2) is 4.98 Å². The zero-order chi connectivity index (χ0) is 17.4. The fraction of sp³-hybridized carbons (Fsp3) is 0.529. The number of amides is 1. The molecule has 7 nitrogen and oxygen atoms in total. The zero-order valence-corrected chi connectivity index (χ0v) is 15.6. The molecule has 1 aromatic heterocycles. The average molecular weight is 371 g/mol. The number of aryl methyl sites for hydroxylation is 1. The van der Waals surface area contributed by atoms with Gasteiger partial charge in [0.05, 0.1) is 23.6 Å². The van der Waals surface area contributed by atoms with Crippen LogP contribution in [0.5, 0.6) is 0 Å². The standard InChI is InChI=1S/C17H26N4O3.ClH/c1-3-24-10-6-9-21-15-8-5-4-7-14(15)19-17(21)20-16(22)11-13(12-18)23-2;/h4-5,7-8,13H,3,6,9-12,18H2,1-2H3,(H,19,20,22);1H. The number of hydrogen-bond donors (Lipinski definition) is 2. The molecule has 1 unspecified atom stereocenters. The first-order valence-electron chi connectivity index (χ1n) is 8.25. The number of carbonyl (C=O) groups excluding carboxylic acids is 1. The summed E-state index contributed by atoms with van der Waals surface area (Å²) in [7, 11) is 1.55. The summed E-state index contributed by atoms with van der Waals surface area (Å²) >= 11 is 0. The molecule has 1 aromatic carbocycles. The van der Waals surface area contributed by atoms with Crippen LogP contribution in [0.4, 0.5) is 5.95 Å². The first kappa shape index (κ1) is 21.4. The number of methoxy groups -OCH3 is 1. The molecule has 1 atom stereocenters. The Morgan fingerprint density at radius 2 is 2.16 bits per heavy atom. The Bertz CT molecular complexity index is 658. The van der Waals surface area contributed by atoms with Crippen molar-refractivity contribution in [3.05, 3.63) is 24.3 Å². The Hall–Kier alpha value is -1.67. The van der Waals surface area contributed by atoms with Gasteiger partial charge >= 0.3 is 0 Å². The summed E-state index contributed by atoms with van der Waals surface area (Å²) in [5.74, 6) is 0.387. The van der Waals surface area contributed by atoms with Crippen molar-refractivity contribution in [1.82, 2.24) is 9.55 Å². The fourth-order valence-corrected chi connectivity index (χ4v) is 2.51. The molecule has 1 heterocycles. The van der Waals surface area contributed by atoms with Gasteiger partial charge in [-0.3, -0.25) is 10.1 Å². The van der Waals surface area contributed by atoms with Crippen molar-refractivity contribution in [2.75, 3.05) is 32.2 Å². The van der Waals surface area contributed by atoms with Gasteiger partial charge in [0.1, 0.15) is 0 Å². The molecule has 140 valence electrons. The van der Waals surface area contributed by atoms with Crippen molar-refractivity contribution in [2.45, 2.75) is 32.4 Å². The predicted molar refractivity (Wildman–Crippen MR) is 101 cm³/mol. The quantitative estimate of drug-likeness (QED) is 0.625. The van der Waals surface area contributed by atoms with E-state index in [1.165, 1.54) is 0 Å². The third-order valence-corrected chi connectivity index (χ3v) is 3.79. The second-order valence-corrected chi connectivity index (χ2v) is 5.47. The van der Waals surface area contributed by atoms with Crippen molar-refractivity contribution in [3.63, 3.8) is 0 Å². The predicted octanol–water partition coefficient (Wildman–Crippen LogP) is 2.19. The normalized spacial score (nSPS) is 12.0. The van der Waals surface area contributed by atoms with Gasteiger partial charge in [-0.05, 0) is 25.5 Å². The van der Waals surface area contributed by atoms with Crippen molar-refractivity contribution >= 4 is 35.3 Å². The first-order chi connectivity index (χ1) is 11.7. The highest BCUT2D eigenvalue weighted by Crippen LogP contribution is 2.20. The lowest BCUT2D eigenvalue weighted by atomic mass is 10.2. The van der Waals surface area contributed by atoms with E-state index in [4.69, 9.17) is 15.2 Å². The van der Waals surface area contributed by atoms with Crippen LogP contribution in [-0.2, 0) is 20.8 Å². The maximum Gasteiger partial charge on any atom is 0.229 e. The number of halogens is 1. The van der Waals surface area contributed by atoms with Gasteiger partial charge in [0.2, 0.25) is 11.9 Å². The van der Waals surface area contributed by atoms with Gasteiger partial charge in [0.15, 0.2) is 0 Å². The first-order valence-corrected chi connectivity index (χ1v) is 8.25. The second-order valence-electron chi connectivity index (χ2n) is 5.47. The second kappa shape index (κ2) is 11.0. The molecule has 0 saturated heterocycles. The summed E-state index contributed by atoms with van der Waals surface area (Å²) in [6.45, 7) is 4.37. The number of nitrogens with one attached hydrogen (secondary N) is 1. The number of rotatable bonds is 10. The van der Waals surface area contributed by atoms with Crippen LogP contribution in [0.2, 0.25) is 0 Å². The number of aromatic nitrogens is 2. The minimum Gasteiger partial charge on any atom is -0.382 e. The maximum atomic E-state index is 12.2. The summed E-state index contributed by atoms with van der Waals surface area (Å²) in [5.41, 5.74) is 7.42. The molecular formula is C17H27ClN4O3. The van der Waals surface area contributed by atoms with Crippen LogP contribution in [0.1, 0.15) is 19.8 Å². The number of carbonyl (C=O) groups is 1. The van der Waals surface area contributed by atoms with Crippen molar-refractivity contribution in [3.8, 4) is 0 Å². The van der Waals surface area contributed by atoms with Gasteiger partial charge in [-0.1, -0.05) is 12.1 Å². The van der Waals surface area contributed by atoms with Crippen molar-refractivity contribution < 1.29 is 14.3 Å². The number of fused-ring (bicyclic) bond motifs is 1. The van der Waals surface area contributed by atoms with E-state index in [2.05, 4.69) is 10.3 Å². The largest absolute Gasteiger partial charge is 0.382 e. The topological polar surface area (TPSA) is 91.4 Å². The number of nitrogens with two attached hydrogens (primary N) is 1. The summed E-state index contributed by atoms with van der Waals surface area (Å²) in [6, 6.07) is 7.82. The van der Waals surface area contributed by atoms with Gasteiger partial charge in [0, 0.05) is 33.4 Å². The molecule has 0 aliphatic rings. The van der Waals surface area contributed by atoms with E-state index in [0.717, 1.165) is 24.0 Å². The van der Waals surface area contributed by atoms with E-state index in [-0.39, 0.29) is 30.8 Å². The van der Waals surface area contributed by atoms with Crippen LogP contribution in [0.25, 0.3) is 11.0 Å². The summed E-state index contributed by atoms with van der Waals surface area (Å²) < 4.78 is 12.6. The number of imidazole rings is 1. The Morgan fingerprint density at radius 3 is 2.84 bits per heavy atom. The van der Waals surface area contributed by atoms with E-state index in [1.807, 2.05) is 35.8 Å². The van der Waals surface area contributed by atoms with Gasteiger partial charge in [0.25, 0.3) is 0 Å². The lowest BCUT2D eigenvalue weighted by molar-refractivity contribution is -0.118. The molecule has 3 N–H and O–H groups in total. The van der Waals surface area contributed by atoms with Crippen molar-refractivity contribution in [2.24, 2.45) is 5.73 Å². The van der Waals surface area contributed by atoms with E-state index >= 15 is 0 Å². The van der Waals surface area contributed by atoms with Crippen LogP contribution >= 0.6 is 12.4 Å². The van der Waals surface area contributed by atoms with Crippen LogP contribution in [-0.4, -0.2) is 48.4 Å².